The van der Waals surface area contributed by atoms with E-state index in [4.69, 9.17) is 15.9 Å². The molecule has 2 amide bonds. The zero-order valence-electron chi connectivity index (χ0n) is 16.4. The smallest absolute Gasteiger partial charge is 0.430 e. The summed E-state index contributed by atoms with van der Waals surface area (Å²) in [6, 6.07) is 9.26. The number of benzene rings is 1. The van der Waals surface area contributed by atoms with Gasteiger partial charge in [0.2, 0.25) is 0 Å². The highest BCUT2D eigenvalue weighted by atomic mass is 16.6. The predicted octanol–water partition coefficient (Wildman–Crippen LogP) is 4.21. The lowest BCUT2D eigenvalue weighted by Gasteiger charge is -2.35. The van der Waals surface area contributed by atoms with Crippen molar-refractivity contribution < 1.29 is 19.1 Å². The van der Waals surface area contributed by atoms with E-state index in [0.717, 1.165) is 10.6 Å². The van der Waals surface area contributed by atoms with Gasteiger partial charge in [0.05, 0.1) is 6.54 Å². The molecule has 0 heterocycles. The molecule has 1 aromatic rings. The fourth-order valence-corrected chi connectivity index (χ4v) is 1.97. The van der Waals surface area contributed by atoms with Crippen molar-refractivity contribution >= 4 is 12.2 Å². The normalized spacial score (nSPS) is 11.3. The summed E-state index contributed by atoms with van der Waals surface area (Å²) in [6.45, 7) is 10.5. The summed E-state index contributed by atoms with van der Waals surface area (Å²) in [5.41, 5.74) is -0.623. The van der Waals surface area contributed by atoms with Crippen molar-refractivity contribution in [3.63, 3.8) is 0 Å². The minimum Gasteiger partial charge on any atom is -0.442 e. The van der Waals surface area contributed by atoms with E-state index >= 15 is 0 Å². The molecule has 0 radical (unpaired) electrons. The van der Waals surface area contributed by atoms with Crippen molar-refractivity contribution in [2.45, 2.75) is 59.3 Å². The highest BCUT2D eigenvalue weighted by Crippen LogP contribution is 2.18. The second kappa shape index (κ2) is 8.61. The molecule has 1 rings (SSSR count). The number of rotatable bonds is 3. The third-order valence-corrected chi connectivity index (χ3v) is 2.92. The van der Waals surface area contributed by atoms with Crippen LogP contribution in [0.25, 0.3) is 0 Å². The maximum atomic E-state index is 12.7. The van der Waals surface area contributed by atoms with Crippen LogP contribution in [0.4, 0.5) is 9.59 Å². The molecule has 0 aliphatic heterocycles. The lowest BCUT2D eigenvalue weighted by molar-refractivity contribution is -0.0612. The van der Waals surface area contributed by atoms with E-state index < -0.39 is 23.4 Å². The van der Waals surface area contributed by atoms with E-state index in [1.165, 1.54) is 5.01 Å². The van der Waals surface area contributed by atoms with Gasteiger partial charge in [-0.1, -0.05) is 36.3 Å². The van der Waals surface area contributed by atoms with E-state index in [2.05, 4.69) is 5.92 Å². The van der Waals surface area contributed by atoms with Crippen LogP contribution in [0, 0.1) is 12.3 Å². The van der Waals surface area contributed by atoms with E-state index in [1.54, 1.807) is 41.5 Å². The number of ether oxygens (including phenoxy) is 2. The first-order valence-corrected chi connectivity index (χ1v) is 8.41. The molecular weight excluding hydrogens is 332 g/mol. The van der Waals surface area contributed by atoms with Gasteiger partial charge in [0.25, 0.3) is 0 Å². The summed E-state index contributed by atoms with van der Waals surface area (Å²) < 4.78 is 10.8. The van der Waals surface area contributed by atoms with E-state index in [-0.39, 0.29) is 13.1 Å². The Bertz CT molecular complexity index is 651. The van der Waals surface area contributed by atoms with Gasteiger partial charge in [-0.05, 0) is 47.1 Å². The molecule has 0 N–H and O–H groups in total. The number of hydrazine groups is 1. The summed E-state index contributed by atoms with van der Waals surface area (Å²) >= 11 is 0. The zero-order valence-corrected chi connectivity index (χ0v) is 16.4. The number of terminal acetylenes is 1. The van der Waals surface area contributed by atoms with Crippen molar-refractivity contribution in [1.29, 1.82) is 0 Å². The van der Waals surface area contributed by atoms with Crippen molar-refractivity contribution in [1.82, 2.24) is 10.0 Å². The standard InChI is InChI=1S/C20H28N2O4/c1-8-14-21(17(23)25-19(2,3)4)22(18(24)26-20(5,6)7)15-16-12-10-9-11-13-16/h1,9-13H,14-15H2,2-7H3. The average Bonchev–Trinajstić information content (AvgIpc) is 2.48. The van der Waals surface area contributed by atoms with Gasteiger partial charge in [0.1, 0.15) is 17.7 Å². The van der Waals surface area contributed by atoms with Crippen LogP contribution in [-0.2, 0) is 16.0 Å². The van der Waals surface area contributed by atoms with Gasteiger partial charge < -0.3 is 9.47 Å². The van der Waals surface area contributed by atoms with Gasteiger partial charge in [0.15, 0.2) is 0 Å². The van der Waals surface area contributed by atoms with Crippen molar-refractivity contribution in [3.8, 4) is 12.3 Å². The van der Waals surface area contributed by atoms with Crippen LogP contribution in [0.1, 0.15) is 47.1 Å². The second-order valence-electron chi connectivity index (χ2n) is 7.77. The number of nitrogens with zero attached hydrogens (tertiary/aromatic N) is 2. The number of carbonyl (C=O) groups excluding carboxylic acids is 2. The molecule has 1 aromatic carbocycles. The maximum absolute atomic E-state index is 12.7. The van der Waals surface area contributed by atoms with Crippen LogP contribution in [0.15, 0.2) is 30.3 Å². The SMILES string of the molecule is C#CCN(C(=O)OC(C)(C)C)N(Cc1ccccc1)C(=O)OC(C)(C)C. The predicted molar refractivity (Wildman–Crippen MR) is 100.0 cm³/mol. The highest BCUT2D eigenvalue weighted by Gasteiger charge is 2.32. The van der Waals surface area contributed by atoms with Crippen molar-refractivity contribution in [2.75, 3.05) is 6.54 Å². The Labute approximate surface area is 156 Å². The van der Waals surface area contributed by atoms with Crippen molar-refractivity contribution in [3.05, 3.63) is 35.9 Å². The van der Waals surface area contributed by atoms with Crippen LogP contribution in [-0.4, -0.2) is 40.0 Å². The quantitative estimate of drug-likeness (QED) is 0.598. The fourth-order valence-electron chi connectivity index (χ4n) is 1.97. The van der Waals surface area contributed by atoms with Gasteiger partial charge in [-0.25, -0.2) is 19.6 Å². The second-order valence-corrected chi connectivity index (χ2v) is 7.77. The van der Waals surface area contributed by atoms with E-state index in [1.807, 2.05) is 30.3 Å². The molecule has 0 fully saturated rings. The molecule has 0 unspecified atom stereocenters. The summed E-state index contributed by atoms with van der Waals surface area (Å²) in [5.74, 6) is 2.39. The van der Waals surface area contributed by atoms with Gasteiger partial charge in [-0.15, -0.1) is 6.42 Å². The summed E-state index contributed by atoms with van der Waals surface area (Å²) in [6.07, 6.45) is 4.02. The van der Waals surface area contributed by atoms with Gasteiger partial charge in [-0.3, -0.25) is 0 Å². The lowest BCUT2D eigenvalue weighted by Crippen LogP contribution is -2.52. The van der Waals surface area contributed by atoms with E-state index in [0.29, 0.717) is 0 Å². The molecule has 0 aliphatic rings. The average molecular weight is 360 g/mol. The number of hydrogen-bond acceptors (Lipinski definition) is 4. The van der Waals surface area contributed by atoms with Crippen LogP contribution in [0.2, 0.25) is 0 Å². The first kappa shape index (κ1) is 21.4. The minimum atomic E-state index is -0.726. The molecule has 0 atom stereocenters. The lowest BCUT2D eigenvalue weighted by atomic mass is 10.2. The number of hydrogen-bond donors (Lipinski definition) is 0. The molecule has 0 saturated heterocycles. The van der Waals surface area contributed by atoms with Crippen molar-refractivity contribution in [2.24, 2.45) is 0 Å². The Kier molecular flexibility index (Phi) is 7.08. The van der Waals surface area contributed by atoms with Gasteiger partial charge in [-0.2, -0.15) is 0 Å². The monoisotopic (exact) mass is 360 g/mol. The van der Waals surface area contributed by atoms with Gasteiger partial charge >= 0.3 is 12.2 Å². The molecule has 0 aliphatic carbocycles. The molecular formula is C20H28N2O4. The van der Waals surface area contributed by atoms with Crippen LogP contribution < -0.4 is 0 Å². The molecule has 0 aromatic heterocycles. The van der Waals surface area contributed by atoms with Crippen LogP contribution >= 0.6 is 0 Å². The Morgan fingerprint density at radius 1 is 0.923 bits per heavy atom. The first-order valence-electron chi connectivity index (χ1n) is 8.41. The van der Waals surface area contributed by atoms with Gasteiger partial charge in [0, 0.05) is 0 Å². The Balaban J connectivity index is 3.18. The first-order chi connectivity index (χ1) is 11.9. The molecule has 0 saturated carbocycles. The minimum absolute atomic E-state index is 0.122. The largest absolute Gasteiger partial charge is 0.442 e. The molecule has 6 nitrogen and oxygen atoms in total. The highest BCUT2D eigenvalue weighted by molar-refractivity contribution is 5.75. The third-order valence-electron chi connectivity index (χ3n) is 2.92. The fraction of sp³-hybridized carbons (Fsp3) is 0.500. The summed E-state index contributed by atoms with van der Waals surface area (Å²) in [4.78, 5) is 25.3. The Morgan fingerprint density at radius 2 is 1.38 bits per heavy atom. The third kappa shape index (κ3) is 7.47. The molecule has 142 valence electrons. The topological polar surface area (TPSA) is 59.1 Å². The molecule has 0 bridgehead atoms. The molecule has 0 spiro atoms. The summed E-state index contributed by atoms with van der Waals surface area (Å²) in [5, 5.41) is 2.26. The van der Waals surface area contributed by atoms with Crippen LogP contribution in [0.3, 0.4) is 0 Å². The maximum Gasteiger partial charge on any atom is 0.430 e. The Morgan fingerprint density at radius 3 is 1.81 bits per heavy atom. The zero-order chi connectivity index (χ0) is 20.0. The summed E-state index contributed by atoms with van der Waals surface area (Å²) in [7, 11) is 0. The molecule has 26 heavy (non-hydrogen) atoms. The Hall–Kier alpha value is -2.68. The number of carbonyl (C=O) groups is 2. The van der Waals surface area contributed by atoms with Crippen LogP contribution in [0.5, 0.6) is 0 Å². The molecule has 6 heteroatoms. The number of amides is 2. The van der Waals surface area contributed by atoms with E-state index in [9.17, 15) is 9.59 Å².